The van der Waals surface area contributed by atoms with Crippen LogP contribution in [0, 0.1) is 6.92 Å². The van der Waals surface area contributed by atoms with Crippen LogP contribution in [0.4, 0.5) is 0 Å². The summed E-state index contributed by atoms with van der Waals surface area (Å²) in [7, 11) is 0. The Morgan fingerprint density at radius 1 is 1.50 bits per heavy atom. The van der Waals surface area contributed by atoms with E-state index in [1.54, 1.807) is 0 Å². The van der Waals surface area contributed by atoms with E-state index in [4.69, 9.17) is 5.73 Å². The molecule has 2 atom stereocenters. The summed E-state index contributed by atoms with van der Waals surface area (Å²) in [6.45, 7) is 6.29. The summed E-state index contributed by atoms with van der Waals surface area (Å²) < 4.78 is 1.19. The maximum Gasteiger partial charge on any atom is 0.0473 e. The van der Waals surface area contributed by atoms with Crippen LogP contribution in [0.15, 0.2) is 22.7 Å². The number of nitrogens with zero attached hydrogens (tertiary/aromatic N) is 1. The third-order valence-electron chi connectivity index (χ3n) is 4.10. The van der Waals surface area contributed by atoms with E-state index in [2.05, 4.69) is 52.9 Å². The number of rotatable bonds is 4. The van der Waals surface area contributed by atoms with Gasteiger partial charge in [0.15, 0.2) is 0 Å². The van der Waals surface area contributed by atoms with E-state index >= 15 is 0 Å². The monoisotopic (exact) mass is 310 g/mol. The third kappa shape index (κ3) is 2.79. The van der Waals surface area contributed by atoms with E-state index in [1.165, 1.54) is 41.4 Å². The van der Waals surface area contributed by atoms with Gasteiger partial charge in [0.05, 0.1) is 0 Å². The Hall–Kier alpha value is -0.380. The van der Waals surface area contributed by atoms with Crippen molar-refractivity contribution in [3.05, 3.63) is 33.8 Å². The SMILES string of the molecule is CCC1CCCN1C(CN)c1ccc(C)c(Br)c1. The fourth-order valence-corrected chi connectivity index (χ4v) is 3.38. The van der Waals surface area contributed by atoms with Crippen LogP contribution in [0.5, 0.6) is 0 Å². The van der Waals surface area contributed by atoms with Crippen molar-refractivity contribution in [2.75, 3.05) is 13.1 Å². The summed E-state index contributed by atoms with van der Waals surface area (Å²) in [5.74, 6) is 0. The molecule has 1 aliphatic heterocycles. The molecule has 1 heterocycles. The summed E-state index contributed by atoms with van der Waals surface area (Å²) in [6, 6.07) is 7.72. The second-order valence-electron chi connectivity index (χ2n) is 5.20. The molecule has 1 aromatic rings. The van der Waals surface area contributed by atoms with Crippen molar-refractivity contribution in [1.82, 2.24) is 4.90 Å². The summed E-state index contributed by atoms with van der Waals surface area (Å²) >= 11 is 3.62. The highest BCUT2D eigenvalue weighted by molar-refractivity contribution is 9.10. The Kier molecular flexibility index (Phi) is 4.82. The van der Waals surface area contributed by atoms with Crippen molar-refractivity contribution in [2.24, 2.45) is 5.73 Å². The van der Waals surface area contributed by atoms with Crippen LogP contribution in [-0.2, 0) is 0 Å². The van der Waals surface area contributed by atoms with Gasteiger partial charge in [0, 0.05) is 23.1 Å². The molecular formula is C15H23BrN2. The van der Waals surface area contributed by atoms with Crippen LogP contribution in [0.3, 0.4) is 0 Å². The first-order valence-electron chi connectivity index (χ1n) is 6.89. The van der Waals surface area contributed by atoms with Crippen LogP contribution in [-0.4, -0.2) is 24.0 Å². The second-order valence-corrected chi connectivity index (χ2v) is 6.06. The molecule has 0 spiro atoms. The quantitative estimate of drug-likeness (QED) is 0.920. The number of halogens is 1. The second kappa shape index (κ2) is 6.18. The summed E-state index contributed by atoms with van der Waals surface area (Å²) in [4.78, 5) is 2.59. The Morgan fingerprint density at radius 2 is 2.28 bits per heavy atom. The Bertz CT molecular complexity index is 405. The van der Waals surface area contributed by atoms with Gasteiger partial charge in [-0.05, 0) is 49.9 Å². The highest BCUT2D eigenvalue weighted by Gasteiger charge is 2.29. The molecule has 2 unspecified atom stereocenters. The lowest BCUT2D eigenvalue weighted by Crippen LogP contribution is -2.37. The first-order valence-corrected chi connectivity index (χ1v) is 7.68. The minimum absolute atomic E-state index is 0.370. The number of hydrogen-bond donors (Lipinski definition) is 1. The number of likely N-dealkylation sites (tertiary alicyclic amines) is 1. The van der Waals surface area contributed by atoms with Gasteiger partial charge in [-0.15, -0.1) is 0 Å². The van der Waals surface area contributed by atoms with Crippen LogP contribution in [0.2, 0.25) is 0 Å². The average Bonchev–Trinajstić information content (AvgIpc) is 2.83. The zero-order valence-electron chi connectivity index (χ0n) is 11.3. The normalized spacial score (nSPS) is 22.3. The van der Waals surface area contributed by atoms with Gasteiger partial charge in [0.25, 0.3) is 0 Å². The molecule has 100 valence electrons. The molecule has 18 heavy (non-hydrogen) atoms. The number of nitrogens with two attached hydrogens (primary N) is 1. The van der Waals surface area contributed by atoms with Crippen LogP contribution in [0.1, 0.15) is 43.4 Å². The van der Waals surface area contributed by atoms with Crippen LogP contribution < -0.4 is 5.73 Å². The molecule has 1 aliphatic rings. The predicted octanol–water partition coefficient (Wildman–Crippen LogP) is 3.63. The number of hydrogen-bond acceptors (Lipinski definition) is 2. The Morgan fingerprint density at radius 3 is 2.89 bits per heavy atom. The average molecular weight is 311 g/mol. The van der Waals surface area contributed by atoms with Gasteiger partial charge >= 0.3 is 0 Å². The minimum Gasteiger partial charge on any atom is -0.329 e. The molecule has 0 bridgehead atoms. The van der Waals surface area contributed by atoms with Crippen LogP contribution >= 0.6 is 15.9 Å². The van der Waals surface area contributed by atoms with Crippen LogP contribution in [0.25, 0.3) is 0 Å². The highest BCUT2D eigenvalue weighted by atomic mass is 79.9. The lowest BCUT2D eigenvalue weighted by molar-refractivity contribution is 0.180. The largest absolute Gasteiger partial charge is 0.329 e. The van der Waals surface area contributed by atoms with E-state index in [-0.39, 0.29) is 0 Å². The van der Waals surface area contributed by atoms with Gasteiger partial charge in [-0.1, -0.05) is 35.0 Å². The molecule has 1 saturated heterocycles. The van der Waals surface area contributed by atoms with E-state index in [0.29, 0.717) is 18.6 Å². The summed E-state index contributed by atoms with van der Waals surface area (Å²) in [5.41, 5.74) is 8.66. The topological polar surface area (TPSA) is 29.3 Å². The molecule has 1 fully saturated rings. The smallest absolute Gasteiger partial charge is 0.0473 e. The Labute approximate surface area is 119 Å². The molecule has 0 saturated carbocycles. The van der Waals surface area contributed by atoms with Crippen molar-refractivity contribution in [3.8, 4) is 0 Å². The molecule has 0 aromatic heterocycles. The zero-order valence-corrected chi connectivity index (χ0v) is 12.9. The van der Waals surface area contributed by atoms with Gasteiger partial charge in [0.1, 0.15) is 0 Å². The van der Waals surface area contributed by atoms with Crippen molar-refractivity contribution in [1.29, 1.82) is 0 Å². The summed E-state index contributed by atoms with van der Waals surface area (Å²) in [5, 5.41) is 0. The van der Waals surface area contributed by atoms with Crippen molar-refractivity contribution in [3.63, 3.8) is 0 Å². The van der Waals surface area contributed by atoms with Gasteiger partial charge in [-0.3, -0.25) is 4.90 Å². The fourth-order valence-electron chi connectivity index (χ4n) is 2.99. The molecule has 2 N–H and O–H groups in total. The first kappa shape index (κ1) is 14.0. The van der Waals surface area contributed by atoms with Gasteiger partial charge in [-0.25, -0.2) is 0 Å². The van der Waals surface area contributed by atoms with Gasteiger partial charge < -0.3 is 5.73 Å². The molecule has 0 amide bonds. The zero-order chi connectivity index (χ0) is 13.1. The molecule has 2 rings (SSSR count). The van der Waals surface area contributed by atoms with Gasteiger partial charge in [-0.2, -0.15) is 0 Å². The lowest BCUT2D eigenvalue weighted by Gasteiger charge is -2.32. The lowest BCUT2D eigenvalue weighted by atomic mass is 10.0. The third-order valence-corrected chi connectivity index (χ3v) is 4.95. The minimum atomic E-state index is 0.370. The van der Waals surface area contributed by atoms with Crippen molar-refractivity contribution in [2.45, 2.75) is 45.2 Å². The number of benzene rings is 1. The van der Waals surface area contributed by atoms with Crippen molar-refractivity contribution < 1.29 is 0 Å². The van der Waals surface area contributed by atoms with E-state index in [9.17, 15) is 0 Å². The van der Waals surface area contributed by atoms with E-state index in [1.807, 2.05) is 0 Å². The summed E-state index contributed by atoms with van der Waals surface area (Å²) in [6.07, 6.45) is 3.85. The molecular weight excluding hydrogens is 288 g/mol. The molecule has 2 nitrogen and oxygen atoms in total. The molecule has 1 aromatic carbocycles. The molecule has 3 heteroatoms. The van der Waals surface area contributed by atoms with E-state index < -0.39 is 0 Å². The molecule has 0 radical (unpaired) electrons. The van der Waals surface area contributed by atoms with Gasteiger partial charge in [0.2, 0.25) is 0 Å². The fraction of sp³-hybridized carbons (Fsp3) is 0.600. The first-order chi connectivity index (χ1) is 8.67. The molecule has 0 aliphatic carbocycles. The number of aryl methyl sites for hydroxylation is 1. The van der Waals surface area contributed by atoms with Crippen molar-refractivity contribution >= 4 is 15.9 Å². The standard InChI is InChI=1S/C15H23BrN2/c1-3-13-5-4-8-18(13)15(10-17)12-7-6-11(2)14(16)9-12/h6-7,9,13,15H,3-5,8,10,17H2,1-2H3. The van der Waals surface area contributed by atoms with E-state index in [0.717, 1.165) is 0 Å². The highest BCUT2D eigenvalue weighted by Crippen LogP contribution is 2.32. The maximum absolute atomic E-state index is 6.03. The predicted molar refractivity (Wildman–Crippen MR) is 80.7 cm³/mol. The maximum atomic E-state index is 6.03. The Balaban J connectivity index is 2.24.